The van der Waals surface area contributed by atoms with E-state index >= 15 is 0 Å². The highest BCUT2D eigenvalue weighted by Gasteiger charge is 2.21. The van der Waals surface area contributed by atoms with Gasteiger partial charge in [0.2, 0.25) is 11.8 Å². The van der Waals surface area contributed by atoms with Gasteiger partial charge in [0.25, 0.3) is 0 Å². The Bertz CT molecular complexity index is 406. The summed E-state index contributed by atoms with van der Waals surface area (Å²) in [4.78, 5) is 4.73. The van der Waals surface area contributed by atoms with Crippen LogP contribution in [-0.2, 0) is 12.0 Å². The van der Waals surface area contributed by atoms with Gasteiger partial charge >= 0.3 is 0 Å². The Hall–Kier alpha value is -0.980. The van der Waals surface area contributed by atoms with Gasteiger partial charge in [-0.15, -0.1) is 10.2 Å². The molecule has 0 amide bonds. The lowest BCUT2D eigenvalue weighted by molar-refractivity contribution is 0.194. The smallest absolute Gasteiger partial charge is 0.230 e. The second kappa shape index (κ2) is 6.65. The Morgan fingerprint density at radius 3 is 2.55 bits per heavy atom. The molecule has 1 aliphatic heterocycles. The molecule has 0 unspecified atom stereocenters. The Morgan fingerprint density at radius 2 is 1.95 bits per heavy atom. The van der Waals surface area contributed by atoms with Crippen LogP contribution in [0.1, 0.15) is 32.6 Å². The monoisotopic (exact) mass is 281 g/mol. The molecule has 0 radical (unpaired) electrons. The standard InChI is InChI=1S/C14H27N5O/c1-14(2,3)13-17-16-12(20-13)11-18(4)9-10-19-7-5-15-6-8-19/h15H,5-11H2,1-4H3. The minimum absolute atomic E-state index is 0.0787. The summed E-state index contributed by atoms with van der Waals surface area (Å²) >= 11 is 0. The molecule has 20 heavy (non-hydrogen) atoms. The highest BCUT2D eigenvalue weighted by molar-refractivity contribution is 4.95. The second-order valence-corrected chi connectivity index (χ2v) is 6.58. The van der Waals surface area contributed by atoms with Gasteiger partial charge < -0.3 is 9.73 Å². The van der Waals surface area contributed by atoms with Crippen LogP contribution >= 0.6 is 0 Å². The first-order valence-corrected chi connectivity index (χ1v) is 7.39. The number of hydrogen-bond acceptors (Lipinski definition) is 6. The highest BCUT2D eigenvalue weighted by Crippen LogP contribution is 2.20. The molecule has 114 valence electrons. The van der Waals surface area contributed by atoms with Gasteiger partial charge in [-0.3, -0.25) is 9.80 Å². The Kier molecular flexibility index (Phi) is 5.12. The summed E-state index contributed by atoms with van der Waals surface area (Å²) in [5.41, 5.74) is -0.0787. The van der Waals surface area contributed by atoms with Gasteiger partial charge in [-0.25, -0.2) is 0 Å². The first-order chi connectivity index (χ1) is 9.45. The Morgan fingerprint density at radius 1 is 1.25 bits per heavy atom. The van der Waals surface area contributed by atoms with Gasteiger partial charge in [0, 0.05) is 44.7 Å². The molecule has 0 saturated carbocycles. The normalized spacial score (nSPS) is 17.9. The van der Waals surface area contributed by atoms with E-state index in [9.17, 15) is 0 Å². The van der Waals surface area contributed by atoms with Gasteiger partial charge in [0.1, 0.15) is 0 Å². The van der Waals surface area contributed by atoms with Gasteiger partial charge in [-0.1, -0.05) is 20.8 Å². The molecule has 6 heteroatoms. The van der Waals surface area contributed by atoms with Gasteiger partial charge in [0.15, 0.2) is 0 Å². The van der Waals surface area contributed by atoms with Crippen molar-refractivity contribution in [3.05, 3.63) is 11.8 Å². The molecule has 1 fully saturated rings. The van der Waals surface area contributed by atoms with Gasteiger partial charge in [-0.05, 0) is 7.05 Å². The molecular formula is C14H27N5O. The molecule has 0 spiro atoms. The molecule has 1 N–H and O–H groups in total. The maximum Gasteiger partial charge on any atom is 0.230 e. The van der Waals surface area contributed by atoms with E-state index in [4.69, 9.17) is 4.42 Å². The third kappa shape index (κ3) is 4.54. The van der Waals surface area contributed by atoms with E-state index in [-0.39, 0.29) is 5.41 Å². The molecule has 1 aromatic heterocycles. The van der Waals surface area contributed by atoms with Crippen LogP contribution in [0.3, 0.4) is 0 Å². The lowest BCUT2D eigenvalue weighted by Crippen LogP contribution is -2.45. The zero-order valence-corrected chi connectivity index (χ0v) is 13.1. The first-order valence-electron chi connectivity index (χ1n) is 7.39. The summed E-state index contributed by atoms with van der Waals surface area (Å²) < 4.78 is 5.72. The molecule has 0 aliphatic carbocycles. The minimum atomic E-state index is -0.0787. The fourth-order valence-corrected chi connectivity index (χ4v) is 2.18. The van der Waals surface area contributed by atoms with Crippen molar-refractivity contribution >= 4 is 0 Å². The zero-order valence-electron chi connectivity index (χ0n) is 13.1. The van der Waals surface area contributed by atoms with Crippen molar-refractivity contribution in [3.8, 4) is 0 Å². The summed E-state index contributed by atoms with van der Waals surface area (Å²) in [6.07, 6.45) is 0. The Labute approximate surface area is 121 Å². The molecule has 0 bridgehead atoms. The van der Waals surface area contributed by atoms with E-state index in [0.717, 1.165) is 45.8 Å². The maximum absolute atomic E-state index is 5.72. The number of nitrogens with zero attached hydrogens (tertiary/aromatic N) is 4. The van der Waals surface area contributed by atoms with Crippen LogP contribution < -0.4 is 5.32 Å². The fraction of sp³-hybridized carbons (Fsp3) is 0.857. The average Bonchev–Trinajstić information content (AvgIpc) is 2.86. The van der Waals surface area contributed by atoms with Crippen molar-refractivity contribution in [3.63, 3.8) is 0 Å². The predicted molar refractivity (Wildman–Crippen MR) is 78.6 cm³/mol. The number of hydrogen-bond donors (Lipinski definition) is 1. The minimum Gasteiger partial charge on any atom is -0.423 e. The summed E-state index contributed by atoms with van der Waals surface area (Å²) in [6, 6.07) is 0. The summed E-state index contributed by atoms with van der Waals surface area (Å²) in [7, 11) is 2.10. The lowest BCUT2D eigenvalue weighted by atomic mass is 9.97. The number of nitrogens with one attached hydrogen (secondary N) is 1. The topological polar surface area (TPSA) is 57.4 Å². The average molecular weight is 281 g/mol. The van der Waals surface area contributed by atoms with Crippen LogP contribution in [0, 0.1) is 0 Å². The van der Waals surface area contributed by atoms with E-state index in [1.54, 1.807) is 0 Å². The van der Waals surface area contributed by atoms with E-state index in [1.807, 2.05) is 0 Å². The van der Waals surface area contributed by atoms with Crippen LogP contribution in [-0.4, -0.2) is 66.3 Å². The highest BCUT2D eigenvalue weighted by atomic mass is 16.4. The Balaban J connectivity index is 1.76. The quantitative estimate of drug-likeness (QED) is 0.857. The van der Waals surface area contributed by atoms with Crippen molar-refractivity contribution in [1.82, 2.24) is 25.3 Å². The molecule has 1 aliphatic rings. The van der Waals surface area contributed by atoms with Crippen molar-refractivity contribution in [2.24, 2.45) is 0 Å². The summed E-state index contributed by atoms with van der Waals surface area (Å²) in [5, 5.41) is 11.6. The molecule has 2 rings (SSSR count). The van der Waals surface area contributed by atoms with E-state index in [1.165, 1.54) is 0 Å². The molecule has 2 heterocycles. The van der Waals surface area contributed by atoms with E-state index < -0.39 is 0 Å². The van der Waals surface area contributed by atoms with E-state index in [2.05, 4.69) is 53.1 Å². The molecule has 0 aromatic carbocycles. The van der Waals surface area contributed by atoms with Crippen LogP contribution in [0.5, 0.6) is 0 Å². The zero-order chi connectivity index (χ0) is 14.6. The maximum atomic E-state index is 5.72. The van der Waals surface area contributed by atoms with E-state index in [0.29, 0.717) is 11.8 Å². The number of likely N-dealkylation sites (N-methyl/N-ethyl adjacent to an activating group) is 1. The number of rotatable bonds is 5. The summed E-state index contributed by atoms with van der Waals surface area (Å²) in [6.45, 7) is 13.6. The molecule has 6 nitrogen and oxygen atoms in total. The van der Waals surface area contributed by atoms with Gasteiger partial charge in [0.05, 0.1) is 6.54 Å². The molecule has 1 saturated heterocycles. The molecular weight excluding hydrogens is 254 g/mol. The number of aromatic nitrogens is 2. The largest absolute Gasteiger partial charge is 0.423 e. The first kappa shape index (κ1) is 15.4. The van der Waals surface area contributed by atoms with Crippen LogP contribution in [0.2, 0.25) is 0 Å². The van der Waals surface area contributed by atoms with Crippen molar-refractivity contribution in [2.75, 3.05) is 46.3 Å². The van der Waals surface area contributed by atoms with Crippen molar-refractivity contribution < 1.29 is 4.42 Å². The molecule has 1 aromatic rings. The van der Waals surface area contributed by atoms with Crippen molar-refractivity contribution in [2.45, 2.75) is 32.7 Å². The predicted octanol–water partition coefficient (Wildman–Crippen LogP) is 0.704. The van der Waals surface area contributed by atoms with Crippen LogP contribution in [0.25, 0.3) is 0 Å². The second-order valence-electron chi connectivity index (χ2n) is 6.58. The SMILES string of the molecule is CN(CCN1CCNCC1)Cc1nnc(C(C)(C)C)o1. The third-order valence-electron chi connectivity index (χ3n) is 3.52. The third-order valence-corrected chi connectivity index (χ3v) is 3.52. The van der Waals surface area contributed by atoms with Gasteiger partial charge in [-0.2, -0.15) is 0 Å². The van der Waals surface area contributed by atoms with Crippen molar-refractivity contribution in [1.29, 1.82) is 0 Å². The van der Waals surface area contributed by atoms with Crippen LogP contribution in [0.4, 0.5) is 0 Å². The lowest BCUT2D eigenvalue weighted by Gasteiger charge is -2.28. The summed E-state index contributed by atoms with van der Waals surface area (Å²) in [5.74, 6) is 1.42. The molecule has 0 atom stereocenters. The van der Waals surface area contributed by atoms with Crippen LogP contribution in [0.15, 0.2) is 4.42 Å². The fourth-order valence-electron chi connectivity index (χ4n) is 2.18. The number of piperazine rings is 1.